The van der Waals surface area contributed by atoms with E-state index in [0.717, 1.165) is 18.5 Å². The van der Waals surface area contributed by atoms with E-state index < -0.39 is 6.04 Å². The van der Waals surface area contributed by atoms with Crippen molar-refractivity contribution in [2.24, 2.45) is 5.41 Å². The van der Waals surface area contributed by atoms with Crippen molar-refractivity contribution in [3.05, 3.63) is 47.0 Å². The predicted octanol–water partition coefficient (Wildman–Crippen LogP) is 3.80. The van der Waals surface area contributed by atoms with Gasteiger partial charge in [0.05, 0.1) is 0 Å². The van der Waals surface area contributed by atoms with Crippen LogP contribution in [0.4, 0.5) is 5.69 Å². The highest BCUT2D eigenvalue weighted by Gasteiger charge is 2.35. The van der Waals surface area contributed by atoms with Crippen molar-refractivity contribution in [3.8, 4) is 0 Å². The van der Waals surface area contributed by atoms with Crippen LogP contribution in [-0.4, -0.2) is 33.6 Å². The summed E-state index contributed by atoms with van der Waals surface area (Å²) < 4.78 is 0. The van der Waals surface area contributed by atoms with Gasteiger partial charge in [-0.25, -0.2) is 0 Å². The number of hydrogen-bond donors (Lipinski definition) is 3. The molecule has 0 bridgehead atoms. The molecule has 0 saturated heterocycles. The molecule has 0 radical (unpaired) electrons. The van der Waals surface area contributed by atoms with E-state index in [-0.39, 0.29) is 23.0 Å². The topological polar surface area (TPSA) is 104 Å². The zero-order chi connectivity index (χ0) is 21.9. The fraction of sp³-hybridized carbons (Fsp3) is 0.478. The monoisotopic (exact) mass is 410 g/mol. The van der Waals surface area contributed by atoms with Crippen molar-refractivity contribution in [1.82, 2.24) is 15.3 Å². The Kier molecular flexibility index (Phi) is 6.39. The lowest BCUT2D eigenvalue weighted by molar-refractivity contribution is -0.118. The van der Waals surface area contributed by atoms with Crippen LogP contribution in [0.25, 0.3) is 0 Å². The van der Waals surface area contributed by atoms with E-state index in [1.165, 1.54) is 0 Å². The maximum absolute atomic E-state index is 13.0. The van der Waals surface area contributed by atoms with E-state index >= 15 is 0 Å². The normalized spacial score (nSPS) is 15.9. The third-order valence-electron chi connectivity index (χ3n) is 5.54. The molecule has 0 spiro atoms. The maximum Gasteiger partial charge on any atom is 0.268 e. The van der Waals surface area contributed by atoms with Crippen LogP contribution in [0.3, 0.4) is 0 Å². The Labute approximate surface area is 177 Å². The number of aromatic amines is 1. The molecule has 2 aromatic rings. The highest BCUT2D eigenvalue weighted by atomic mass is 16.2. The number of carbonyl (C=O) groups excluding carboxylic acids is 3. The lowest BCUT2D eigenvalue weighted by Gasteiger charge is -2.28. The summed E-state index contributed by atoms with van der Waals surface area (Å²) in [4.78, 5) is 45.5. The number of pyridine rings is 1. The van der Waals surface area contributed by atoms with Crippen LogP contribution < -0.4 is 10.6 Å². The van der Waals surface area contributed by atoms with E-state index in [9.17, 15) is 14.4 Å². The summed E-state index contributed by atoms with van der Waals surface area (Å²) in [5.74, 6) is -0.570. The predicted molar refractivity (Wildman–Crippen MR) is 116 cm³/mol. The average Bonchev–Trinajstić information content (AvgIpc) is 3.01. The van der Waals surface area contributed by atoms with E-state index in [1.54, 1.807) is 31.5 Å². The summed E-state index contributed by atoms with van der Waals surface area (Å²) in [5, 5.41) is 5.70. The molecule has 7 heteroatoms. The van der Waals surface area contributed by atoms with Gasteiger partial charge in [-0.15, -0.1) is 0 Å². The Morgan fingerprint density at radius 2 is 1.93 bits per heavy atom. The number of amides is 2. The molecular weight excluding hydrogens is 380 g/mol. The molecule has 3 rings (SSSR count). The van der Waals surface area contributed by atoms with Gasteiger partial charge in [-0.2, -0.15) is 0 Å². The Hall–Kier alpha value is -2.96. The molecule has 7 nitrogen and oxygen atoms in total. The summed E-state index contributed by atoms with van der Waals surface area (Å²) in [6.45, 7) is 7.93. The van der Waals surface area contributed by atoms with Crippen molar-refractivity contribution >= 4 is 23.3 Å². The third-order valence-corrected chi connectivity index (χ3v) is 5.54. The van der Waals surface area contributed by atoms with E-state index in [2.05, 4.69) is 20.6 Å². The minimum atomic E-state index is -0.669. The maximum atomic E-state index is 13.0. The molecule has 1 unspecified atom stereocenters. The Bertz CT molecular complexity index is 947. The number of carbonyl (C=O) groups is 3. The number of hydrogen-bond acceptors (Lipinski definition) is 4. The number of aromatic nitrogens is 2. The summed E-state index contributed by atoms with van der Waals surface area (Å²) in [6.07, 6.45) is 6.62. The highest BCUT2D eigenvalue weighted by Crippen LogP contribution is 2.36. The lowest BCUT2D eigenvalue weighted by Crippen LogP contribution is -2.44. The van der Waals surface area contributed by atoms with E-state index in [0.29, 0.717) is 41.8 Å². The number of nitrogens with zero attached hydrogens (tertiary/aromatic N) is 1. The highest BCUT2D eigenvalue weighted by molar-refractivity contribution is 6.06. The first-order chi connectivity index (χ1) is 14.2. The molecule has 2 heterocycles. The number of Topliss-reactive ketones (excluding diaryl/α,β-unsaturated/α-hetero) is 1. The quantitative estimate of drug-likeness (QED) is 0.646. The molecule has 0 fully saturated rings. The summed E-state index contributed by atoms with van der Waals surface area (Å²) >= 11 is 0. The molecule has 1 aliphatic rings. The van der Waals surface area contributed by atoms with Crippen molar-refractivity contribution < 1.29 is 14.4 Å². The first kappa shape index (κ1) is 21.7. The SMILES string of the molecule is CCCCC(NC(=O)c1[nH]c2c(c1C)C(=O)CC(C)(C)C2)C(=O)Nc1ccncc1. The largest absolute Gasteiger partial charge is 0.354 e. The van der Waals surface area contributed by atoms with Crippen LogP contribution in [0.15, 0.2) is 24.5 Å². The number of rotatable bonds is 7. The summed E-state index contributed by atoms with van der Waals surface area (Å²) in [5.41, 5.74) is 2.96. The number of ketones is 1. The van der Waals surface area contributed by atoms with Crippen molar-refractivity contribution in [2.75, 3.05) is 5.32 Å². The van der Waals surface area contributed by atoms with Crippen molar-refractivity contribution in [3.63, 3.8) is 0 Å². The van der Waals surface area contributed by atoms with E-state index in [4.69, 9.17) is 0 Å². The lowest BCUT2D eigenvalue weighted by atomic mass is 9.75. The molecular formula is C23H30N4O3. The zero-order valence-corrected chi connectivity index (χ0v) is 18.1. The van der Waals surface area contributed by atoms with Crippen LogP contribution in [0.2, 0.25) is 0 Å². The van der Waals surface area contributed by atoms with Gasteiger partial charge in [-0.3, -0.25) is 19.4 Å². The molecule has 0 saturated carbocycles. The fourth-order valence-electron chi connectivity index (χ4n) is 4.03. The number of H-pyrrole nitrogens is 1. The summed E-state index contributed by atoms with van der Waals surface area (Å²) in [7, 11) is 0. The molecule has 2 amide bonds. The number of fused-ring (bicyclic) bond motifs is 1. The van der Waals surface area contributed by atoms with Gasteiger partial charge in [-0.1, -0.05) is 33.6 Å². The number of unbranched alkanes of at least 4 members (excludes halogenated alkanes) is 1. The van der Waals surface area contributed by atoms with Gasteiger partial charge < -0.3 is 15.6 Å². The molecule has 0 aromatic carbocycles. The Morgan fingerprint density at radius 3 is 2.60 bits per heavy atom. The second-order valence-electron chi connectivity index (χ2n) is 8.81. The van der Waals surface area contributed by atoms with Gasteiger partial charge in [0.1, 0.15) is 11.7 Å². The van der Waals surface area contributed by atoms with Gasteiger partial charge in [0, 0.05) is 35.8 Å². The van der Waals surface area contributed by atoms with Gasteiger partial charge in [0.25, 0.3) is 5.91 Å². The van der Waals surface area contributed by atoms with E-state index in [1.807, 2.05) is 20.8 Å². The third kappa shape index (κ3) is 4.78. The first-order valence-corrected chi connectivity index (χ1v) is 10.5. The van der Waals surface area contributed by atoms with Crippen LogP contribution in [0.5, 0.6) is 0 Å². The standard InChI is InChI=1S/C23H30N4O3/c1-5-6-7-16(21(29)25-15-8-10-24-11-9-15)27-22(30)20-14(2)19-17(26-20)12-23(3,4)13-18(19)28/h8-11,16,26H,5-7,12-13H2,1-4H3,(H,27,30)(H,24,25,29). The van der Waals surface area contributed by atoms with Gasteiger partial charge >= 0.3 is 0 Å². The molecule has 0 aliphatic heterocycles. The average molecular weight is 411 g/mol. The molecule has 160 valence electrons. The number of nitrogens with one attached hydrogen (secondary N) is 3. The Balaban J connectivity index is 1.79. The van der Waals surface area contributed by atoms with Crippen molar-refractivity contribution in [1.29, 1.82) is 0 Å². The molecule has 1 atom stereocenters. The molecule has 1 aliphatic carbocycles. The van der Waals surface area contributed by atoms with Crippen LogP contribution in [-0.2, 0) is 11.2 Å². The van der Waals surface area contributed by atoms with Crippen molar-refractivity contribution in [2.45, 2.75) is 65.8 Å². The molecule has 30 heavy (non-hydrogen) atoms. The van der Waals surface area contributed by atoms with Crippen LogP contribution in [0.1, 0.15) is 78.6 Å². The Morgan fingerprint density at radius 1 is 1.23 bits per heavy atom. The fourth-order valence-corrected chi connectivity index (χ4v) is 4.03. The molecule has 3 N–H and O–H groups in total. The second kappa shape index (κ2) is 8.81. The minimum absolute atomic E-state index is 0.0620. The van der Waals surface area contributed by atoms with Gasteiger partial charge in [-0.05, 0) is 42.9 Å². The number of anilines is 1. The zero-order valence-electron chi connectivity index (χ0n) is 18.1. The van der Waals surface area contributed by atoms with Gasteiger partial charge in [0.15, 0.2) is 5.78 Å². The first-order valence-electron chi connectivity index (χ1n) is 10.5. The molecule has 2 aromatic heterocycles. The second-order valence-corrected chi connectivity index (χ2v) is 8.81. The van der Waals surface area contributed by atoms with Crippen LogP contribution in [0, 0.1) is 12.3 Å². The summed E-state index contributed by atoms with van der Waals surface area (Å²) in [6, 6.07) is 2.73. The van der Waals surface area contributed by atoms with Crippen LogP contribution >= 0.6 is 0 Å². The smallest absolute Gasteiger partial charge is 0.268 e. The van der Waals surface area contributed by atoms with Gasteiger partial charge in [0.2, 0.25) is 5.91 Å². The minimum Gasteiger partial charge on any atom is -0.354 e.